The highest BCUT2D eigenvalue weighted by Gasteiger charge is 2.32. The van der Waals surface area contributed by atoms with Gasteiger partial charge in [-0.05, 0) is 23.3 Å². The van der Waals surface area contributed by atoms with Crippen molar-refractivity contribution in [2.75, 3.05) is 0 Å². The Labute approximate surface area is 158 Å². The molecule has 1 aliphatic heterocycles. The normalized spacial score (nSPS) is 15.9. The van der Waals surface area contributed by atoms with Crippen LogP contribution in [0.3, 0.4) is 0 Å². The summed E-state index contributed by atoms with van der Waals surface area (Å²) in [4.78, 5) is 25.0. The molecular formula is C17H11ClN2O3S2. The first-order valence-electron chi connectivity index (χ1n) is 7.19. The van der Waals surface area contributed by atoms with E-state index in [4.69, 9.17) is 23.8 Å². The summed E-state index contributed by atoms with van der Waals surface area (Å²) in [6.45, 7) is 0.392. The van der Waals surface area contributed by atoms with Crippen molar-refractivity contribution in [1.29, 1.82) is 0 Å². The van der Waals surface area contributed by atoms with Gasteiger partial charge in [0, 0.05) is 6.07 Å². The van der Waals surface area contributed by atoms with Gasteiger partial charge in [-0.3, -0.25) is 19.8 Å². The predicted molar refractivity (Wildman–Crippen MR) is 103 cm³/mol. The van der Waals surface area contributed by atoms with Crippen LogP contribution in [0.4, 0.5) is 5.69 Å². The SMILES string of the molecule is O=C1C(=Cc2ccc(Cl)c([N+](=O)[O-])c2)SC(=S)N1Cc1ccccc1. The lowest BCUT2D eigenvalue weighted by Gasteiger charge is -2.14. The highest BCUT2D eigenvalue weighted by molar-refractivity contribution is 8.26. The zero-order valence-corrected chi connectivity index (χ0v) is 15.1. The lowest BCUT2D eigenvalue weighted by Crippen LogP contribution is -2.27. The number of hydrogen-bond donors (Lipinski definition) is 0. The Kier molecular flexibility index (Phi) is 5.17. The summed E-state index contributed by atoms with van der Waals surface area (Å²) in [5.41, 5.74) is 1.30. The minimum atomic E-state index is -0.555. The van der Waals surface area contributed by atoms with Crippen molar-refractivity contribution < 1.29 is 9.72 Å². The highest BCUT2D eigenvalue weighted by Crippen LogP contribution is 2.34. The number of nitrogens with zero attached hydrogens (tertiary/aromatic N) is 2. The van der Waals surface area contributed by atoms with Gasteiger partial charge in [-0.2, -0.15) is 0 Å². The zero-order valence-electron chi connectivity index (χ0n) is 12.7. The zero-order chi connectivity index (χ0) is 18.0. The Bertz CT molecular complexity index is 900. The molecule has 8 heteroatoms. The molecule has 0 saturated carbocycles. The van der Waals surface area contributed by atoms with E-state index in [1.165, 1.54) is 28.8 Å². The Hall–Kier alpha value is -2.22. The Morgan fingerprint density at radius 2 is 1.96 bits per heavy atom. The van der Waals surface area contributed by atoms with Crippen molar-refractivity contribution in [2.24, 2.45) is 0 Å². The molecule has 1 fully saturated rings. The van der Waals surface area contributed by atoms with Crippen molar-refractivity contribution >= 4 is 57.6 Å². The molecule has 0 N–H and O–H groups in total. The first kappa shape index (κ1) is 17.6. The largest absolute Gasteiger partial charge is 0.288 e. The third-order valence-corrected chi connectivity index (χ3v) is 5.22. The second-order valence-electron chi connectivity index (χ2n) is 5.22. The first-order valence-corrected chi connectivity index (χ1v) is 8.79. The number of nitro groups is 1. The van der Waals surface area contributed by atoms with Crippen LogP contribution in [0.25, 0.3) is 6.08 Å². The second kappa shape index (κ2) is 7.35. The van der Waals surface area contributed by atoms with Gasteiger partial charge >= 0.3 is 0 Å². The van der Waals surface area contributed by atoms with E-state index < -0.39 is 4.92 Å². The fourth-order valence-electron chi connectivity index (χ4n) is 2.31. The number of hydrogen-bond acceptors (Lipinski definition) is 5. The van der Waals surface area contributed by atoms with Crippen LogP contribution in [-0.4, -0.2) is 20.1 Å². The van der Waals surface area contributed by atoms with Gasteiger partial charge in [0.05, 0.1) is 16.4 Å². The fraction of sp³-hybridized carbons (Fsp3) is 0.0588. The van der Waals surface area contributed by atoms with Crippen LogP contribution in [-0.2, 0) is 11.3 Å². The number of thiocarbonyl (C=S) groups is 1. The topological polar surface area (TPSA) is 63.4 Å². The molecule has 2 aromatic carbocycles. The van der Waals surface area contributed by atoms with E-state index in [1.807, 2.05) is 30.3 Å². The van der Waals surface area contributed by atoms with Crippen LogP contribution >= 0.6 is 35.6 Å². The van der Waals surface area contributed by atoms with E-state index in [0.717, 1.165) is 5.56 Å². The third kappa shape index (κ3) is 3.89. The number of halogens is 1. The molecule has 0 spiro atoms. The average Bonchev–Trinajstić information content (AvgIpc) is 2.85. The predicted octanol–water partition coefficient (Wildman–Crippen LogP) is 4.65. The number of carbonyl (C=O) groups is 1. The van der Waals surface area contributed by atoms with Gasteiger partial charge in [-0.15, -0.1) is 0 Å². The van der Waals surface area contributed by atoms with Gasteiger partial charge < -0.3 is 0 Å². The molecule has 0 aromatic heterocycles. The summed E-state index contributed by atoms with van der Waals surface area (Å²) in [5.74, 6) is -0.212. The Morgan fingerprint density at radius 1 is 1.24 bits per heavy atom. The molecule has 0 atom stereocenters. The standard InChI is InChI=1S/C17H11ClN2O3S2/c18-13-7-6-12(8-14(13)20(22)23)9-15-16(21)19(17(24)25-15)10-11-4-2-1-3-5-11/h1-9H,10H2. The fourth-order valence-corrected chi connectivity index (χ4v) is 3.75. The van der Waals surface area contributed by atoms with Crippen LogP contribution in [0.5, 0.6) is 0 Å². The smallest absolute Gasteiger partial charge is 0.288 e. The van der Waals surface area contributed by atoms with Gasteiger partial charge in [0.25, 0.3) is 11.6 Å². The molecule has 126 valence electrons. The minimum absolute atomic E-state index is 0.0544. The summed E-state index contributed by atoms with van der Waals surface area (Å²) in [7, 11) is 0. The van der Waals surface area contributed by atoms with Crippen LogP contribution in [0, 0.1) is 10.1 Å². The summed E-state index contributed by atoms with van der Waals surface area (Å²) in [5, 5.41) is 11.0. The number of amides is 1. The maximum Gasteiger partial charge on any atom is 0.288 e. The summed E-state index contributed by atoms with van der Waals surface area (Å²) >= 11 is 12.3. The number of thioether (sulfide) groups is 1. The molecule has 5 nitrogen and oxygen atoms in total. The van der Waals surface area contributed by atoms with Crippen molar-refractivity contribution in [1.82, 2.24) is 4.90 Å². The van der Waals surface area contributed by atoms with Crippen LogP contribution in [0.2, 0.25) is 5.02 Å². The van der Waals surface area contributed by atoms with Crippen LogP contribution in [0.15, 0.2) is 53.4 Å². The van der Waals surface area contributed by atoms with Gasteiger partial charge in [-0.25, -0.2) is 0 Å². The molecule has 1 heterocycles. The van der Waals surface area contributed by atoms with E-state index in [-0.39, 0.29) is 16.6 Å². The molecule has 1 aliphatic rings. The molecule has 2 aromatic rings. The van der Waals surface area contributed by atoms with E-state index in [2.05, 4.69) is 0 Å². The molecule has 0 aliphatic carbocycles. The van der Waals surface area contributed by atoms with Crippen molar-refractivity contribution in [2.45, 2.75) is 6.54 Å². The minimum Gasteiger partial charge on any atom is -0.288 e. The molecule has 0 radical (unpaired) electrons. The average molecular weight is 391 g/mol. The van der Waals surface area contributed by atoms with Crippen molar-refractivity contribution in [3.63, 3.8) is 0 Å². The maximum atomic E-state index is 12.6. The van der Waals surface area contributed by atoms with Gasteiger partial charge in [0.2, 0.25) is 0 Å². The van der Waals surface area contributed by atoms with Gasteiger partial charge in [0.15, 0.2) is 0 Å². The first-order chi connectivity index (χ1) is 12.0. The lowest BCUT2D eigenvalue weighted by molar-refractivity contribution is -0.384. The summed E-state index contributed by atoms with van der Waals surface area (Å²) in [6.07, 6.45) is 1.59. The van der Waals surface area contributed by atoms with E-state index in [9.17, 15) is 14.9 Å². The Balaban J connectivity index is 1.85. The molecule has 3 rings (SSSR count). The molecule has 0 bridgehead atoms. The lowest BCUT2D eigenvalue weighted by atomic mass is 10.2. The third-order valence-electron chi connectivity index (χ3n) is 3.52. The Morgan fingerprint density at radius 3 is 2.64 bits per heavy atom. The van der Waals surface area contributed by atoms with Gasteiger partial charge in [0.1, 0.15) is 9.34 Å². The number of carbonyl (C=O) groups excluding carboxylic acids is 1. The molecular weight excluding hydrogens is 380 g/mol. The molecule has 1 saturated heterocycles. The van der Waals surface area contributed by atoms with E-state index in [1.54, 1.807) is 12.1 Å². The van der Waals surface area contributed by atoms with Gasteiger partial charge in [-0.1, -0.05) is 72.0 Å². The monoisotopic (exact) mass is 390 g/mol. The van der Waals surface area contributed by atoms with Crippen molar-refractivity contribution in [3.8, 4) is 0 Å². The summed E-state index contributed by atoms with van der Waals surface area (Å²) < 4.78 is 0.462. The second-order valence-corrected chi connectivity index (χ2v) is 7.30. The maximum absolute atomic E-state index is 12.6. The van der Waals surface area contributed by atoms with Crippen LogP contribution in [0.1, 0.15) is 11.1 Å². The summed E-state index contributed by atoms with van der Waals surface area (Å²) in [6, 6.07) is 13.9. The molecule has 0 unspecified atom stereocenters. The van der Waals surface area contributed by atoms with E-state index >= 15 is 0 Å². The number of nitro benzene ring substituents is 1. The number of rotatable bonds is 4. The molecule has 25 heavy (non-hydrogen) atoms. The highest BCUT2D eigenvalue weighted by atomic mass is 35.5. The molecule has 1 amide bonds. The van der Waals surface area contributed by atoms with Crippen LogP contribution < -0.4 is 0 Å². The van der Waals surface area contributed by atoms with Crippen molar-refractivity contribution in [3.05, 3.63) is 79.7 Å². The van der Waals surface area contributed by atoms with E-state index in [0.29, 0.717) is 21.3 Å². The quantitative estimate of drug-likeness (QED) is 0.329. The number of benzene rings is 2.